The van der Waals surface area contributed by atoms with Crippen LogP contribution in [0.1, 0.15) is 12.5 Å². The van der Waals surface area contributed by atoms with Crippen molar-refractivity contribution in [2.24, 2.45) is 0 Å². The number of nitrogens with one attached hydrogen (secondary N) is 1. The molecule has 0 aliphatic carbocycles. The fraction of sp³-hybridized carbons (Fsp3) is 0.333. The number of hydrogen-bond acceptors (Lipinski definition) is 7. The van der Waals surface area contributed by atoms with E-state index in [-0.39, 0.29) is 11.1 Å². The molecule has 1 N–H and O–H groups in total. The predicted molar refractivity (Wildman–Crippen MR) is 122 cm³/mol. The molecule has 1 saturated heterocycles. The van der Waals surface area contributed by atoms with Gasteiger partial charge in [-0.15, -0.1) is 10.2 Å². The first-order chi connectivity index (χ1) is 15.0. The number of aromatic nitrogens is 4. The number of carbonyl (C=O) groups is 1. The van der Waals surface area contributed by atoms with Crippen LogP contribution in [0.25, 0.3) is 5.69 Å². The molecule has 0 radical (unpaired) electrons. The Balaban J connectivity index is 1.62. The molecule has 1 aromatic carbocycles. The second-order valence-corrected chi connectivity index (χ2v) is 8.76. The number of thioether (sulfide) groups is 1. The van der Waals surface area contributed by atoms with Crippen LogP contribution in [0, 0.1) is 6.92 Å². The van der Waals surface area contributed by atoms with Crippen LogP contribution in [0.4, 0.5) is 11.6 Å². The lowest BCUT2D eigenvalue weighted by atomic mass is 10.2. The van der Waals surface area contributed by atoms with Crippen molar-refractivity contribution < 1.29 is 9.53 Å². The lowest BCUT2D eigenvalue weighted by Crippen LogP contribution is -2.38. The van der Waals surface area contributed by atoms with Gasteiger partial charge in [-0.1, -0.05) is 41.6 Å². The number of anilines is 2. The van der Waals surface area contributed by atoms with E-state index >= 15 is 0 Å². The number of halogens is 1. The number of pyridine rings is 1. The van der Waals surface area contributed by atoms with Gasteiger partial charge in [-0.3, -0.25) is 9.36 Å². The molecule has 0 saturated carbocycles. The average Bonchev–Trinajstić information content (AvgIpc) is 3.19. The number of nitrogens with zero attached hydrogens (tertiary/aromatic N) is 5. The van der Waals surface area contributed by atoms with E-state index in [2.05, 4.69) is 25.4 Å². The molecule has 0 bridgehead atoms. The number of ether oxygens (including phenoxy) is 1. The second-order valence-electron chi connectivity index (χ2n) is 7.09. The van der Waals surface area contributed by atoms with Crippen molar-refractivity contribution in [3.05, 3.63) is 53.3 Å². The van der Waals surface area contributed by atoms with Gasteiger partial charge in [-0.05, 0) is 37.6 Å². The molecule has 1 amide bonds. The number of hydrogen-bond donors (Lipinski definition) is 1. The maximum atomic E-state index is 12.8. The normalized spacial score (nSPS) is 15.0. The monoisotopic (exact) mass is 458 g/mol. The van der Waals surface area contributed by atoms with Crippen molar-refractivity contribution in [3.8, 4) is 5.69 Å². The predicted octanol–water partition coefficient (Wildman–Crippen LogP) is 3.58. The Morgan fingerprint density at radius 3 is 2.71 bits per heavy atom. The fourth-order valence-corrected chi connectivity index (χ4v) is 4.28. The van der Waals surface area contributed by atoms with Gasteiger partial charge in [-0.2, -0.15) is 0 Å². The molecule has 8 nitrogen and oxygen atoms in total. The number of morpholine rings is 1. The summed E-state index contributed by atoms with van der Waals surface area (Å²) in [4.78, 5) is 18.9. The van der Waals surface area contributed by atoms with E-state index in [1.54, 1.807) is 18.3 Å². The smallest absolute Gasteiger partial charge is 0.237 e. The minimum atomic E-state index is -0.430. The van der Waals surface area contributed by atoms with Crippen LogP contribution in [0.2, 0.25) is 5.15 Å². The van der Waals surface area contributed by atoms with E-state index in [0.717, 1.165) is 30.3 Å². The highest BCUT2D eigenvalue weighted by atomic mass is 35.5. The van der Waals surface area contributed by atoms with Crippen LogP contribution in [-0.2, 0) is 9.53 Å². The molecule has 4 rings (SSSR count). The SMILES string of the molecule is Cc1ccccc1-n1c(SC(C)C(=O)Nc2cccnc2Cl)nnc1N1CCOCC1. The molecule has 1 atom stereocenters. The summed E-state index contributed by atoms with van der Waals surface area (Å²) in [6.07, 6.45) is 1.58. The molecule has 1 aliphatic rings. The maximum absolute atomic E-state index is 12.8. The summed E-state index contributed by atoms with van der Waals surface area (Å²) in [6.45, 7) is 6.65. The van der Waals surface area contributed by atoms with E-state index in [4.69, 9.17) is 16.3 Å². The van der Waals surface area contributed by atoms with Gasteiger partial charge in [-0.25, -0.2) is 4.98 Å². The minimum absolute atomic E-state index is 0.188. The van der Waals surface area contributed by atoms with E-state index in [1.807, 2.05) is 42.7 Å². The van der Waals surface area contributed by atoms with Gasteiger partial charge in [0, 0.05) is 19.3 Å². The van der Waals surface area contributed by atoms with Gasteiger partial charge in [0.1, 0.15) is 0 Å². The number of amides is 1. The van der Waals surface area contributed by atoms with Gasteiger partial charge in [0.05, 0.1) is 29.8 Å². The van der Waals surface area contributed by atoms with Crippen LogP contribution in [0.5, 0.6) is 0 Å². The Labute approximate surface area is 190 Å². The number of rotatable bonds is 6. The first kappa shape index (κ1) is 21.6. The lowest BCUT2D eigenvalue weighted by molar-refractivity contribution is -0.115. The minimum Gasteiger partial charge on any atom is -0.378 e. The summed E-state index contributed by atoms with van der Waals surface area (Å²) in [5.41, 5.74) is 2.56. The summed E-state index contributed by atoms with van der Waals surface area (Å²) in [5, 5.41) is 12.2. The molecule has 0 spiro atoms. The van der Waals surface area contributed by atoms with Gasteiger partial charge in [0.2, 0.25) is 11.9 Å². The zero-order valence-electron chi connectivity index (χ0n) is 17.3. The first-order valence-electron chi connectivity index (χ1n) is 9.96. The molecule has 1 aliphatic heterocycles. The largest absolute Gasteiger partial charge is 0.378 e. The van der Waals surface area contributed by atoms with Crippen molar-refractivity contribution in [3.63, 3.8) is 0 Å². The zero-order chi connectivity index (χ0) is 21.8. The van der Waals surface area contributed by atoms with Crippen LogP contribution < -0.4 is 10.2 Å². The molecule has 1 unspecified atom stereocenters. The molecule has 10 heteroatoms. The van der Waals surface area contributed by atoms with E-state index in [9.17, 15) is 4.79 Å². The van der Waals surface area contributed by atoms with Crippen molar-refractivity contribution in [1.82, 2.24) is 19.7 Å². The van der Waals surface area contributed by atoms with E-state index in [0.29, 0.717) is 24.1 Å². The third-order valence-electron chi connectivity index (χ3n) is 4.93. The Kier molecular flexibility index (Phi) is 6.74. The van der Waals surface area contributed by atoms with E-state index < -0.39 is 5.25 Å². The van der Waals surface area contributed by atoms with Crippen LogP contribution in [0.15, 0.2) is 47.8 Å². The van der Waals surface area contributed by atoms with Crippen molar-refractivity contribution in [2.45, 2.75) is 24.3 Å². The topological polar surface area (TPSA) is 85.2 Å². The van der Waals surface area contributed by atoms with Gasteiger partial charge in [0.25, 0.3) is 0 Å². The molecule has 3 aromatic rings. The molecule has 2 aromatic heterocycles. The summed E-state index contributed by atoms with van der Waals surface area (Å²) in [6, 6.07) is 11.5. The molecular weight excluding hydrogens is 436 g/mol. The number of para-hydroxylation sites is 1. The fourth-order valence-electron chi connectivity index (χ4n) is 3.26. The number of benzene rings is 1. The zero-order valence-corrected chi connectivity index (χ0v) is 18.9. The molecule has 162 valence electrons. The highest BCUT2D eigenvalue weighted by Crippen LogP contribution is 2.31. The van der Waals surface area contributed by atoms with Crippen molar-refractivity contribution in [2.75, 3.05) is 36.5 Å². The summed E-state index contributed by atoms with van der Waals surface area (Å²) < 4.78 is 7.51. The second kappa shape index (κ2) is 9.67. The van der Waals surface area contributed by atoms with Crippen molar-refractivity contribution >= 4 is 40.9 Å². The Hall–Kier alpha value is -2.62. The summed E-state index contributed by atoms with van der Waals surface area (Å²) in [5.74, 6) is 0.565. The lowest BCUT2D eigenvalue weighted by Gasteiger charge is -2.28. The van der Waals surface area contributed by atoms with Crippen LogP contribution >= 0.6 is 23.4 Å². The first-order valence-corrected chi connectivity index (χ1v) is 11.2. The van der Waals surface area contributed by atoms with Crippen molar-refractivity contribution in [1.29, 1.82) is 0 Å². The number of carbonyl (C=O) groups excluding carboxylic acids is 1. The summed E-state index contributed by atoms with van der Waals surface area (Å²) >= 11 is 7.42. The average molecular weight is 459 g/mol. The van der Waals surface area contributed by atoms with Crippen LogP contribution in [-0.4, -0.2) is 57.2 Å². The highest BCUT2D eigenvalue weighted by molar-refractivity contribution is 8.00. The third-order valence-corrected chi connectivity index (χ3v) is 6.28. The molecule has 31 heavy (non-hydrogen) atoms. The van der Waals surface area contributed by atoms with Gasteiger partial charge >= 0.3 is 0 Å². The molecule has 3 heterocycles. The maximum Gasteiger partial charge on any atom is 0.237 e. The summed E-state index contributed by atoms with van der Waals surface area (Å²) in [7, 11) is 0. The highest BCUT2D eigenvalue weighted by Gasteiger charge is 2.25. The number of aryl methyl sites for hydroxylation is 1. The third kappa shape index (κ3) is 4.84. The Morgan fingerprint density at radius 2 is 1.97 bits per heavy atom. The Morgan fingerprint density at radius 1 is 1.19 bits per heavy atom. The molecule has 1 fully saturated rings. The van der Waals surface area contributed by atoms with Crippen LogP contribution in [0.3, 0.4) is 0 Å². The van der Waals surface area contributed by atoms with Gasteiger partial charge < -0.3 is 15.0 Å². The standard InChI is InChI=1S/C21H23ClN6O2S/c1-14-6-3-4-8-17(14)28-20(27-10-12-30-13-11-27)25-26-21(28)31-15(2)19(29)24-16-7-5-9-23-18(16)22/h3-9,15H,10-13H2,1-2H3,(H,24,29). The van der Waals surface area contributed by atoms with E-state index in [1.165, 1.54) is 11.8 Å². The Bertz CT molecular complexity index is 1070. The quantitative estimate of drug-likeness (QED) is 0.446. The van der Waals surface area contributed by atoms with Gasteiger partial charge in [0.15, 0.2) is 10.3 Å². The molecular formula is C21H23ClN6O2S.